The molecule has 2 saturated carbocycles. The second-order valence-electron chi connectivity index (χ2n) is 7.58. The first-order valence-corrected chi connectivity index (χ1v) is 8.93. The maximum Gasteiger partial charge on any atom is 0.311 e. The van der Waals surface area contributed by atoms with Crippen molar-refractivity contribution in [1.82, 2.24) is 10.2 Å². The number of amides is 1. The van der Waals surface area contributed by atoms with Crippen molar-refractivity contribution in [2.75, 3.05) is 13.1 Å². The number of benzene rings is 1. The fourth-order valence-electron chi connectivity index (χ4n) is 4.55. The molecule has 1 aliphatic heterocycles. The van der Waals surface area contributed by atoms with E-state index in [4.69, 9.17) is 0 Å². The zero-order valence-electron chi connectivity index (χ0n) is 13.8. The highest BCUT2D eigenvalue weighted by atomic mass is 16.4. The molecule has 0 spiro atoms. The second kappa shape index (κ2) is 5.88. The molecule has 3 fully saturated rings. The molecule has 1 saturated heterocycles. The highest BCUT2D eigenvalue weighted by Gasteiger charge is 2.56. The summed E-state index contributed by atoms with van der Waals surface area (Å²) in [5.74, 6) is -0.513. The second-order valence-corrected chi connectivity index (χ2v) is 7.58. The van der Waals surface area contributed by atoms with Gasteiger partial charge in [0.2, 0.25) is 5.91 Å². The molecule has 2 N–H and O–H groups in total. The number of carbonyl (C=O) groups is 2. The monoisotopic (exact) mass is 328 g/mol. The van der Waals surface area contributed by atoms with Crippen molar-refractivity contribution in [3.05, 3.63) is 35.9 Å². The van der Waals surface area contributed by atoms with E-state index in [0.717, 1.165) is 37.7 Å². The third-order valence-corrected chi connectivity index (χ3v) is 5.98. The van der Waals surface area contributed by atoms with Crippen LogP contribution in [0.5, 0.6) is 0 Å². The normalized spacial score (nSPS) is 30.8. The van der Waals surface area contributed by atoms with Crippen molar-refractivity contribution < 1.29 is 14.7 Å². The molecule has 5 nitrogen and oxygen atoms in total. The smallest absolute Gasteiger partial charge is 0.311 e. The van der Waals surface area contributed by atoms with E-state index in [1.807, 2.05) is 30.3 Å². The van der Waals surface area contributed by atoms with Crippen molar-refractivity contribution >= 4 is 11.9 Å². The average molecular weight is 328 g/mol. The van der Waals surface area contributed by atoms with Crippen molar-refractivity contribution in [3.63, 3.8) is 0 Å². The van der Waals surface area contributed by atoms with Gasteiger partial charge in [0.25, 0.3) is 0 Å². The molecular formula is C19H24N2O3. The zero-order chi connectivity index (χ0) is 16.7. The molecular weight excluding hydrogens is 304 g/mol. The summed E-state index contributed by atoms with van der Waals surface area (Å²) in [6, 6.07) is 9.69. The van der Waals surface area contributed by atoms with Crippen molar-refractivity contribution in [1.29, 1.82) is 0 Å². The largest absolute Gasteiger partial charge is 0.481 e. The minimum atomic E-state index is -0.693. The molecule has 1 aromatic rings. The van der Waals surface area contributed by atoms with Gasteiger partial charge in [0.15, 0.2) is 0 Å². The van der Waals surface area contributed by atoms with Gasteiger partial charge in [-0.1, -0.05) is 36.8 Å². The molecule has 1 unspecified atom stereocenters. The summed E-state index contributed by atoms with van der Waals surface area (Å²) in [7, 11) is 0. The van der Waals surface area contributed by atoms with Gasteiger partial charge >= 0.3 is 5.97 Å². The Morgan fingerprint density at radius 2 is 1.96 bits per heavy atom. The summed E-state index contributed by atoms with van der Waals surface area (Å²) in [5, 5.41) is 12.9. The molecule has 1 aromatic carbocycles. The van der Waals surface area contributed by atoms with E-state index < -0.39 is 11.4 Å². The summed E-state index contributed by atoms with van der Waals surface area (Å²) in [6.45, 7) is 1.18. The Balaban J connectivity index is 1.62. The minimum Gasteiger partial charge on any atom is -0.481 e. The Morgan fingerprint density at radius 3 is 2.58 bits per heavy atom. The fourth-order valence-corrected chi connectivity index (χ4v) is 4.55. The lowest BCUT2D eigenvalue weighted by Gasteiger charge is -2.29. The van der Waals surface area contributed by atoms with Crippen LogP contribution in [0.25, 0.3) is 0 Å². The lowest BCUT2D eigenvalue weighted by atomic mass is 9.81. The van der Waals surface area contributed by atoms with E-state index in [1.54, 1.807) is 0 Å². The fraction of sp³-hybridized carbons (Fsp3) is 0.579. The number of carbonyl (C=O) groups excluding carboxylic acids is 1. The van der Waals surface area contributed by atoms with Crippen LogP contribution in [0.2, 0.25) is 0 Å². The summed E-state index contributed by atoms with van der Waals surface area (Å²) >= 11 is 0. The predicted molar refractivity (Wildman–Crippen MR) is 89.3 cm³/mol. The summed E-state index contributed by atoms with van der Waals surface area (Å²) in [5.41, 5.74) is 0.295. The van der Waals surface area contributed by atoms with Crippen LogP contribution in [0, 0.1) is 11.3 Å². The number of carboxylic acid groups (broad SMARTS) is 1. The van der Waals surface area contributed by atoms with Gasteiger partial charge < -0.3 is 10.4 Å². The molecule has 3 aliphatic rings. The van der Waals surface area contributed by atoms with Crippen LogP contribution in [0.1, 0.15) is 43.7 Å². The SMILES string of the molecule is O=C(NC1CC1)C(c1ccccc1)N1C[C@@H]2CCC[C@@]2(C(=O)O)C1. The van der Waals surface area contributed by atoms with E-state index in [9.17, 15) is 14.7 Å². The first-order valence-electron chi connectivity index (χ1n) is 8.93. The minimum absolute atomic E-state index is 0.0178. The van der Waals surface area contributed by atoms with Gasteiger partial charge in [-0.3, -0.25) is 14.5 Å². The highest BCUT2D eigenvalue weighted by Crippen LogP contribution is 2.50. The third kappa shape index (κ3) is 2.61. The number of nitrogens with one attached hydrogen (secondary N) is 1. The summed E-state index contributed by atoms with van der Waals surface area (Å²) in [4.78, 5) is 26.9. The van der Waals surface area contributed by atoms with E-state index in [0.29, 0.717) is 19.1 Å². The molecule has 4 rings (SSSR count). The lowest BCUT2D eigenvalue weighted by Crippen LogP contribution is -2.42. The van der Waals surface area contributed by atoms with Gasteiger partial charge in [0.05, 0.1) is 5.41 Å². The lowest BCUT2D eigenvalue weighted by molar-refractivity contribution is -0.149. The molecule has 3 atom stereocenters. The number of likely N-dealkylation sites (tertiary alicyclic amines) is 1. The molecule has 128 valence electrons. The van der Waals surface area contributed by atoms with Gasteiger partial charge in [-0.05, 0) is 37.2 Å². The Labute approximate surface area is 142 Å². The van der Waals surface area contributed by atoms with Crippen molar-refractivity contribution in [3.8, 4) is 0 Å². The van der Waals surface area contributed by atoms with Crippen molar-refractivity contribution in [2.45, 2.75) is 44.2 Å². The number of fused-ring (bicyclic) bond motifs is 1. The Bertz CT molecular complexity index is 643. The van der Waals surface area contributed by atoms with Crippen LogP contribution < -0.4 is 5.32 Å². The molecule has 5 heteroatoms. The number of rotatable bonds is 5. The summed E-state index contributed by atoms with van der Waals surface area (Å²) in [6.07, 6.45) is 4.77. The first kappa shape index (κ1) is 15.6. The van der Waals surface area contributed by atoms with Gasteiger partial charge in [-0.15, -0.1) is 0 Å². The Morgan fingerprint density at radius 1 is 1.21 bits per heavy atom. The molecule has 1 amide bonds. The standard InChI is InChI=1S/C19H24N2O3/c22-17(20-15-8-9-15)16(13-5-2-1-3-6-13)21-11-14-7-4-10-19(14,12-21)18(23)24/h1-3,5-6,14-16H,4,7-12H2,(H,20,22)(H,23,24)/t14-,16?,19+/m0/s1. The number of nitrogens with zero attached hydrogens (tertiary/aromatic N) is 1. The molecule has 24 heavy (non-hydrogen) atoms. The number of hydrogen-bond donors (Lipinski definition) is 2. The van der Waals surface area contributed by atoms with E-state index in [2.05, 4.69) is 10.2 Å². The van der Waals surface area contributed by atoms with Crippen molar-refractivity contribution in [2.24, 2.45) is 11.3 Å². The molecule has 2 aliphatic carbocycles. The average Bonchev–Trinajstić information content (AvgIpc) is 3.15. The zero-order valence-corrected chi connectivity index (χ0v) is 13.8. The van der Waals surface area contributed by atoms with Gasteiger partial charge in [0.1, 0.15) is 6.04 Å². The molecule has 1 heterocycles. The van der Waals surface area contributed by atoms with Gasteiger partial charge in [0, 0.05) is 19.1 Å². The van der Waals surface area contributed by atoms with Crippen LogP contribution in [-0.2, 0) is 9.59 Å². The molecule has 0 aromatic heterocycles. The summed E-state index contributed by atoms with van der Waals surface area (Å²) < 4.78 is 0. The topological polar surface area (TPSA) is 69.6 Å². The van der Waals surface area contributed by atoms with Crippen LogP contribution in [0.3, 0.4) is 0 Å². The number of carboxylic acids is 1. The van der Waals surface area contributed by atoms with E-state index >= 15 is 0 Å². The Hall–Kier alpha value is -1.88. The molecule has 0 bridgehead atoms. The quantitative estimate of drug-likeness (QED) is 0.869. The first-order chi connectivity index (χ1) is 11.6. The van der Waals surface area contributed by atoms with Gasteiger partial charge in [-0.2, -0.15) is 0 Å². The molecule has 0 radical (unpaired) electrons. The third-order valence-electron chi connectivity index (χ3n) is 5.98. The Kier molecular flexibility index (Phi) is 3.83. The maximum absolute atomic E-state index is 12.9. The van der Waals surface area contributed by atoms with Gasteiger partial charge in [-0.25, -0.2) is 0 Å². The number of aliphatic carboxylic acids is 1. The maximum atomic E-state index is 12.9. The predicted octanol–water partition coefficient (Wildman–Crippen LogP) is 2.19. The number of hydrogen-bond acceptors (Lipinski definition) is 3. The van der Waals surface area contributed by atoms with E-state index in [-0.39, 0.29) is 17.9 Å². The van der Waals surface area contributed by atoms with E-state index in [1.165, 1.54) is 0 Å². The van der Waals surface area contributed by atoms with Crippen LogP contribution in [0.15, 0.2) is 30.3 Å². The van der Waals surface area contributed by atoms with Crippen LogP contribution in [-0.4, -0.2) is 41.0 Å². The van der Waals surface area contributed by atoms with Crippen LogP contribution in [0.4, 0.5) is 0 Å². The highest BCUT2D eigenvalue weighted by molar-refractivity contribution is 5.84. The van der Waals surface area contributed by atoms with Crippen LogP contribution >= 0.6 is 0 Å².